The average molecular weight is 485 g/mol. The lowest BCUT2D eigenvalue weighted by Crippen LogP contribution is -2.42. The van der Waals surface area contributed by atoms with Crippen LogP contribution in [0.5, 0.6) is 0 Å². The summed E-state index contributed by atoms with van der Waals surface area (Å²) in [5, 5.41) is -0.219. The number of halogens is 3. The van der Waals surface area contributed by atoms with Gasteiger partial charge in [-0.05, 0) is 58.5 Å². The van der Waals surface area contributed by atoms with E-state index in [9.17, 15) is 12.8 Å². The van der Waals surface area contributed by atoms with Crippen LogP contribution in [0.3, 0.4) is 0 Å². The van der Waals surface area contributed by atoms with Crippen molar-refractivity contribution < 1.29 is 17.2 Å². The molecule has 1 aliphatic carbocycles. The minimum Gasteiger partial charge on any atom is -0.371 e. The zero-order valence-corrected chi connectivity index (χ0v) is 19.9. The van der Waals surface area contributed by atoms with Crippen LogP contribution < -0.4 is 9.62 Å². The van der Waals surface area contributed by atoms with E-state index in [0.29, 0.717) is 11.7 Å². The number of aromatic nitrogens is 1. The lowest BCUT2D eigenvalue weighted by Gasteiger charge is -2.36. The fourth-order valence-electron chi connectivity index (χ4n) is 5.41. The van der Waals surface area contributed by atoms with Gasteiger partial charge in [0.15, 0.2) is 0 Å². The van der Waals surface area contributed by atoms with Gasteiger partial charge in [0.25, 0.3) is 10.0 Å². The van der Waals surface area contributed by atoms with Crippen molar-refractivity contribution in [2.75, 3.05) is 36.8 Å². The molecule has 2 aliphatic rings. The van der Waals surface area contributed by atoms with Gasteiger partial charge < -0.3 is 9.80 Å². The van der Waals surface area contributed by atoms with E-state index in [0.717, 1.165) is 38.4 Å². The highest BCUT2D eigenvalue weighted by molar-refractivity contribution is 7.92. The van der Waals surface area contributed by atoms with E-state index in [1.165, 1.54) is 24.6 Å². The third-order valence-electron chi connectivity index (χ3n) is 6.82. The maximum Gasteiger partial charge on any atom is 0.267 e. The summed E-state index contributed by atoms with van der Waals surface area (Å²) in [6, 6.07) is 5.65. The first kappa shape index (κ1) is 23.2. The minimum absolute atomic E-state index is 0.147. The Labute approximate surface area is 192 Å². The molecule has 2 aromatic rings. The van der Waals surface area contributed by atoms with Crippen molar-refractivity contribution in [2.45, 2.75) is 43.5 Å². The second-order valence-corrected chi connectivity index (χ2v) is 11.0. The molecule has 6 nitrogen and oxygen atoms in total. The van der Waals surface area contributed by atoms with Gasteiger partial charge in [0.05, 0.1) is 5.02 Å². The van der Waals surface area contributed by atoms with E-state index in [4.69, 9.17) is 11.6 Å². The van der Waals surface area contributed by atoms with Crippen LogP contribution in [0.2, 0.25) is 5.02 Å². The standard InChI is InChI=1S/C22H27ClF2N4O2S/c1-14-16(29-11-10-22(13-29)9-5-6-17(22)28(2)3)12-15(23)21(20(14)25)32(30,31)27-19-8-4-7-18(24)26-19/h4,7-8,12,17H,5-6,9-11,13H2,1-3H3,(H,26,27)/t17-,22-/m0/s1. The largest absolute Gasteiger partial charge is 0.371 e. The normalized spacial score (nSPS) is 23.5. The van der Waals surface area contributed by atoms with Gasteiger partial charge in [0.2, 0.25) is 5.95 Å². The predicted octanol–water partition coefficient (Wildman–Crippen LogP) is 4.43. The Morgan fingerprint density at radius 2 is 2.03 bits per heavy atom. The van der Waals surface area contributed by atoms with Gasteiger partial charge in [0.1, 0.15) is 16.5 Å². The maximum atomic E-state index is 15.4. The molecule has 1 saturated heterocycles. The van der Waals surface area contributed by atoms with E-state index in [2.05, 4.69) is 33.6 Å². The summed E-state index contributed by atoms with van der Waals surface area (Å²) >= 11 is 6.31. The van der Waals surface area contributed by atoms with Crippen LogP contribution in [0, 0.1) is 24.1 Å². The van der Waals surface area contributed by atoms with E-state index in [1.54, 1.807) is 6.92 Å². The molecular formula is C22H27ClF2N4O2S. The second-order valence-electron chi connectivity index (χ2n) is 9.00. The van der Waals surface area contributed by atoms with Crippen molar-refractivity contribution in [1.82, 2.24) is 9.88 Å². The van der Waals surface area contributed by atoms with Crippen molar-refractivity contribution in [3.63, 3.8) is 0 Å². The molecule has 1 spiro atoms. The third kappa shape index (κ3) is 4.06. The molecule has 2 heterocycles. The van der Waals surface area contributed by atoms with Gasteiger partial charge >= 0.3 is 0 Å². The smallest absolute Gasteiger partial charge is 0.267 e. The average Bonchev–Trinajstić information content (AvgIpc) is 3.31. The minimum atomic E-state index is -4.41. The Bertz CT molecular complexity index is 1140. The Morgan fingerprint density at radius 3 is 2.72 bits per heavy atom. The number of rotatable bonds is 5. The molecular weight excluding hydrogens is 458 g/mol. The van der Waals surface area contributed by atoms with Crippen LogP contribution >= 0.6 is 11.6 Å². The highest BCUT2D eigenvalue weighted by atomic mass is 35.5. The molecule has 1 aromatic heterocycles. The van der Waals surface area contributed by atoms with Gasteiger partial charge in [-0.1, -0.05) is 24.1 Å². The topological polar surface area (TPSA) is 65.5 Å². The van der Waals surface area contributed by atoms with Gasteiger partial charge in [-0.3, -0.25) is 4.72 Å². The van der Waals surface area contributed by atoms with Crippen LogP contribution in [-0.4, -0.2) is 51.5 Å². The van der Waals surface area contributed by atoms with Crippen molar-refractivity contribution >= 4 is 33.1 Å². The molecule has 1 N–H and O–H groups in total. The molecule has 2 atom stereocenters. The van der Waals surface area contributed by atoms with Gasteiger partial charge in [-0.25, -0.2) is 17.8 Å². The number of hydrogen-bond acceptors (Lipinski definition) is 5. The van der Waals surface area contributed by atoms with Crippen molar-refractivity contribution in [3.8, 4) is 0 Å². The summed E-state index contributed by atoms with van der Waals surface area (Å²) in [6.07, 6.45) is 4.44. The third-order valence-corrected chi connectivity index (χ3v) is 8.65. The second kappa shape index (κ2) is 8.43. The molecule has 1 aliphatic heterocycles. The maximum absolute atomic E-state index is 15.4. The molecule has 4 rings (SSSR count). The fraction of sp³-hybridized carbons (Fsp3) is 0.500. The zero-order chi connectivity index (χ0) is 23.3. The first-order valence-corrected chi connectivity index (χ1v) is 12.5. The van der Waals surface area contributed by atoms with Gasteiger partial charge in [-0.15, -0.1) is 0 Å². The summed E-state index contributed by atoms with van der Waals surface area (Å²) in [4.78, 5) is 7.21. The fourth-order valence-corrected chi connectivity index (χ4v) is 7.10. The highest BCUT2D eigenvalue weighted by Gasteiger charge is 2.48. The SMILES string of the molecule is Cc1c(N2CC[C@@]3(CCC[C@@H]3N(C)C)C2)cc(Cl)c(S(=O)(=O)Nc2cccc(F)n2)c1F. The van der Waals surface area contributed by atoms with Gasteiger partial charge in [-0.2, -0.15) is 4.39 Å². The van der Waals surface area contributed by atoms with Crippen molar-refractivity contribution in [2.24, 2.45) is 5.41 Å². The van der Waals surface area contributed by atoms with Crippen LogP contribution in [-0.2, 0) is 10.0 Å². The van der Waals surface area contributed by atoms with Gasteiger partial charge in [0, 0.05) is 35.8 Å². The highest BCUT2D eigenvalue weighted by Crippen LogP contribution is 2.49. The number of nitrogens with zero attached hydrogens (tertiary/aromatic N) is 3. The molecule has 2 fully saturated rings. The van der Waals surface area contributed by atoms with E-state index in [-0.39, 0.29) is 21.8 Å². The van der Waals surface area contributed by atoms with Crippen molar-refractivity contribution in [3.05, 3.63) is 46.6 Å². The summed E-state index contributed by atoms with van der Waals surface area (Å²) in [5.74, 6) is -2.01. The summed E-state index contributed by atoms with van der Waals surface area (Å²) in [5.41, 5.74) is 0.976. The summed E-state index contributed by atoms with van der Waals surface area (Å²) in [6.45, 7) is 3.10. The van der Waals surface area contributed by atoms with Crippen LogP contribution in [0.4, 0.5) is 20.3 Å². The molecule has 0 unspecified atom stereocenters. The first-order valence-electron chi connectivity index (χ1n) is 10.6. The van der Waals surface area contributed by atoms with Crippen molar-refractivity contribution in [1.29, 1.82) is 0 Å². The van der Waals surface area contributed by atoms with Crippen LogP contribution in [0.1, 0.15) is 31.2 Å². The van der Waals surface area contributed by atoms with Crippen LogP contribution in [0.15, 0.2) is 29.2 Å². The number of anilines is 2. The Morgan fingerprint density at radius 1 is 1.28 bits per heavy atom. The molecule has 0 radical (unpaired) electrons. The zero-order valence-electron chi connectivity index (χ0n) is 18.3. The lowest BCUT2D eigenvalue weighted by molar-refractivity contribution is 0.153. The number of pyridine rings is 1. The molecule has 0 bridgehead atoms. The number of hydrogen-bond donors (Lipinski definition) is 1. The molecule has 174 valence electrons. The molecule has 0 amide bonds. The Hall–Kier alpha value is -1.97. The molecule has 10 heteroatoms. The number of sulfonamides is 1. The number of benzene rings is 1. The Kier molecular flexibility index (Phi) is 6.11. The monoisotopic (exact) mass is 484 g/mol. The summed E-state index contributed by atoms with van der Waals surface area (Å²) in [7, 11) is -0.209. The molecule has 1 aromatic carbocycles. The first-order chi connectivity index (χ1) is 15.0. The Balaban J connectivity index is 1.65. The predicted molar refractivity (Wildman–Crippen MR) is 122 cm³/mol. The van der Waals surface area contributed by atoms with Crippen LogP contribution in [0.25, 0.3) is 0 Å². The molecule has 1 saturated carbocycles. The number of nitrogens with one attached hydrogen (secondary N) is 1. The summed E-state index contributed by atoms with van der Waals surface area (Å²) < 4.78 is 56.5. The lowest BCUT2D eigenvalue weighted by atomic mass is 9.81. The van der Waals surface area contributed by atoms with E-state index >= 15 is 4.39 Å². The van der Waals surface area contributed by atoms with E-state index < -0.39 is 26.7 Å². The molecule has 32 heavy (non-hydrogen) atoms. The van der Waals surface area contributed by atoms with E-state index in [1.807, 2.05) is 0 Å². The quantitative estimate of drug-likeness (QED) is 0.636.